The molecule has 3 aromatic carbocycles. The molecule has 0 saturated heterocycles. The molecular weight excluding hydrogens is 578 g/mol. The van der Waals surface area contributed by atoms with Crippen LogP contribution in [0.25, 0.3) is 10.9 Å². The van der Waals surface area contributed by atoms with E-state index in [9.17, 15) is 4.79 Å². The summed E-state index contributed by atoms with van der Waals surface area (Å²) in [5.41, 5.74) is 2.99. The zero-order valence-electron chi connectivity index (χ0n) is 22.1. The van der Waals surface area contributed by atoms with Gasteiger partial charge in [0.1, 0.15) is 12.4 Å². The highest BCUT2D eigenvalue weighted by Gasteiger charge is 2.15. The predicted molar refractivity (Wildman–Crippen MR) is 163 cm³/mol. The number of hydrogen-bond donors (Lipinski definition) is 0. The van der Waals surface area contributed by atoms with Gasteiger partial charge in [-0.15, -0.1) is 6.58 Å². The van der Waals surface area contributed by atoms with Crippen molar-refractivity contribution in [1.29, 1.82) is 0 Å². The van der Waals surface area contributed by atoms with Gasteiger partial charge in [-0.05, 0) is 61.7 Å². The van der Waals surface area contributed by atoms with Crippen LogP contribution in [-0.2, 0) is 19.4 Å². The van der Waals surface area contributed by atoms with Crippen molar-refractivity contribution in [2.75, 3.05) is 6.61 Å². The highest BCUT2D eigenvalue weighted by Crippen LogP contribution is 2.35. The molecule has 0 saturated carbocycles. The quantitative estimate of drug-likeness (QED) is 0.122. The molecule has 0 aliphatic heterocycles. The van der Waals surface area contributed by atoms with Gasteiger partial charge in [0.25, 0.3) is 5.56 Å². The Balaban J connectivity index is 1.75. The van der Waals surface area contributed by atoms with Crippen molar-refractivity contribution in [3.05, 3.63) is 110 Å². The Morgan fingerprint density at radius 1 is 1.10 bits per heavy atom. The highest BCUT2D eigenvalue weighted by molar-refractivity contribution is 9.10. The van der Waals surface area contributed by atoms with Crippen LogP contribution >= 0.6 is 27.5 Å². The van der Waals surface area contributed by atoms with Gasteiger partial charge in [0.15, 0.2) is 11.5 Å². The van der Waals surface area contributed by atoms with Gasteiger partial charge >= 0.3 is 0 Å². The van der Waals surface area contributed by atoms with Gasteiger partial charge in [-0.25, -0.2) is 4.98 Å². The summed E-state index contributed by atoms with van der Waals surface area (Å²) in [5, 5.41) is 5.76. The van der Waals surface area contributed by atoms with Crippen LogP contribution in [0.3, 0.4) is 0 Å². The standard InChI is InChI=1S/C31H31BrClN3O3/c1-4-7-13-29-35-27-15-14-24(32)18-25(27)31(37)36(29)34-19-21-16-22(10-5-2)30(28(17-21)38-6-3)39-20-23-11-8-9-12-26(23)33/h5,8-9,11-12,14-19H,2,4,6-7,10,13,20H2,1,3H3. The van der Waals surface area contributed by atoms with Crippen molar-refractivity contribution in [1.82, 2.24) is 9.66 Å². The Labute approximate surface area is 242 Å². The van der Waals surface area contributed by atoms with Crippen LogP contribution in [0.5, 0.6) is 11.5 Å². The van der Waals surface area contributed by atoms with Crippen molar-refractivity contribution in [3.63, 3.8) is 0 Å². The second kappa shape index (κ2) is 13.6. The molecule has 0 spiro atoms. The number of halogens is 2. The summed E-state index contributed by atoms with van der Waals surface area (Å²) in [6.45, 7) is 8.69. The van der Waals surface area contributed by atoms with Gasteiger partial charge in [0.05, 0.1) is 23.7 Å². The summed E-state index contributed by atoms with van der Waals surface area (Å²) in [5.74, 6) is 1.85. The molecule has 0 unspecified atom stereocenters. The Morgan fingerprint density at radius 3 is 2.67 bits per heavy atom. The number of hydrogen-bond acceptors (Lipinski definition) is 5. The summed E-state index contributed by atoms with van der Waals surface area (Å²) in [6.07, 6.45) is 6.57. The maximum Gasteiger partial charge on any atom is 0.282 e. The number of nitrogens with zero attached hydrogens (tertiary/aromatic N) is 3. The third-order valence-corrected chi connectivity index (χ3v) is 6.96. The van der Waals surface area contributed by atoms with Gasteiger partial charge in [0.2, 0.25) is 0 Å². The lowest BCUT2D eigenvalue weighted by molar-refractivity contribution is 0.267. The van der Waals surface area contributed by atoms with Gasteiger partial charge in [0, 0.05) is 27.0 Å². The lowest BCUT2D eigenvalue weighted by Crippen LogP contribution is -2.22. The number of allylic oxidation sites excluding steroid dienone is 1. The summed E-state index contributed by atoms with van der Waals surface area (Å²) < 4.78 is 14.4. The first-order chi connectivity index (χ1) is 18.9. The molecule has 6 nitrogen and oxygen atoms in total. The molecule has 0 radical (unpaired) electrons. The fourth-order valence-corrected chi connectivity index (χ4v) is 4.74. The van der Waals surface area contributed by atoms with Crippen LogP contribution in [0.4, 0.5) is 0 Å². The Hall–Kier alpha value is -3.42. The fraction of sp³-hybridized carbons (Fsp3) is 0.258. The topological polar surface area (TPSA) is 65.7 Å². The minimum atomic E-state index is -0.209. The average molecular weight is 609 g/mol. The van der Waals surface area contributed by atoms with E-state index in [-0.39, 0.29) is 5.56 Å². The lowest BCUT2D eigenvalue weighted by atomic mass is 10.1. The summed E-state index contributed by atoms with van der Waals surface area (Å²) >= 11 is 9.79. The molecule has 8 heteroatoms. The predicted octanol–water partition coefficient (Wildman–Crippen LogP) is 7.74. The van der Waals surface area contributed by atoms with E-state index in [0.717, 1.165) is 34.0 Å². The summed E-state index contributed by atoms with van der Waals surface area (Å²) in [6, 6.07) is 16.9. The smallest absolute Gasteiger partial charge is 0.282 e. The first kappa shape index (κ1) is 28.6. The molecule has 4 aromatic rings. The minimum absolute atomic E-state index is 0.209. The molecule has 0 aliphatic rings. The molecule has 202 valence electrons. The minimum Gasteiger partial charge on any atom is -0.490 e. The van der Waals surface area contributed by atoms with Crippen molar-refractivity contribution >= 4 is 44.6 Å². The first-order valence-electron chi connectivity index (χ1n) is 13.0. The number of benzene rings is 3. The molecule has 0 atom stereocenters. The van der Waals surface area contributed by atoms with Crippen LogP contribution in [0, 0.1) is 0 Å². The highest BCUT2D eigenvalue weighted by atomic mass is 79.9. The van der Waals surface area contributed by atoms with Crippen molar-refractivity contribution < 1.29 is 9.47 Å². The monoisotopic (exact) mass is 607 g/mol. The lowest BCUT2D eigenvalue weighted by Gasteiger charge is -2.17. The van der Waals surface area contributed by atoms with Crippen molar-refractivity contribution in [2.45, 2.75) is 46.1 Å². The Morgan fingerprint density at radius 2 is 1.92 bits per heavy atom. The van der Waals surface area contributed by atoms with Gasteiger partial charge in [-0.2, -0.15) is 9.78 Å². The zero-order valence-corrected chi connectivity index (χ0v) is 24.5. The average Bonchev–Trinajstić information content (AvgIpc) is 2.92. The largest absolute Gasteiger partial charge is 0.490 e. The summed E-state index contributed by atoms with van der Waals surface area (Å²) in [4.78, 5) is 18.2. The van der Waals surface area contributed by atoms with E-state index in [2.05, 4.69) is 34.5 Å². The first-order valence-corrected chi connectivity index (χ1v) is 14.1. The van der Waals surface area contributed by atoms with Crippen LogP contribution in [0.1, 0.15) is 49.2 Å². The molecule has 39 heavy (non-hydrogen) atoms. The van der Waals surface area contributed by atoms with Crippen LogP contribution in [0.15, 0.2) is 81.6 Å². The Kier molecular flexibility index (Phi) is 9.96. The van der Waals surface area contributed by atoms with Crippen molar-refractivity contribution in [3.8, 4) is 11.5 Å². The van der Waals surface area contributed by atoms with E-state index in [1.54, 1.807) is 12.3 Å². The summed E-state index contributed by atoms with van der Waals surface area (Å²) in [7, 11) is 0. The number of ether oxygens (including phenoxy) is 2. The molecule has 0 amide bonds. The SMILES string of the molecule is C=CCc1cc(C=Nn2c(CCCC)nc3ccc(Br)cc3c2=O)cc(OCC)c1OCc1ccccc1Cl. The maximum absolute atomic E-state index is 13.4. The van der Waals surface area contributed by atoms with Gasteiger partial charge in [-0.3, -0.25) is 4.79 Å². The van der Waals surface area contributed by atoms with Crippen LogP contribution in [0.2, 0.25) is 5.02 Å². The van der Waals surface area contributed by atoms with Crippen LogP contribution in [-0.4, -0.2) is 22.5 Å². The molecule has 4 rings (SSSR count). The van der Waals surface area contributed by atoms with Gasteiger partial charge < -0.3 is 9.47 Å². The van der Waals surface area contributed by atoms with Crippen LogP contribution < -0.4 is 15.0 Å². The molecule has 1 heterocycles. The van der Waals surface area contributed by atoms with Gasteiger partial charge in [-0.1, -0.05) is 65.2 Å². The number of aromatic nitrogens is 2. The van der Waals surface area contributed by atoms with E-state index in [0.29, 0.717) is 59.3 Å². The number of aryl methyl sites for hydroxylation is 1. The number of fused-ring (bicyclic) bond motifs is 1. The zero-order chi connectivity index (χ0) is 27.8. The Bertz CT molecular complexity index is 1570. The molecule has 0 bridgehead atoms. The van der Waals surface area contributed by atoms with E-state index >= 15 is 0 Å². The van der Waals surface area contributed by atoms with E-state index < -0.39 is 0 Å². The third-order valence-electron chi connectivity index (χ3n) is 6.10. The number of rotatable bonds is 12. The molecule has 0 aliphatic carbocycles. The molecule has 1 aromatic heterocycles. The maximum atomic E-state index is 13.4. The van der Waals surface area contributed by atoms with E-state index in [1.165, 1.54) is 4.68 Å². The second-order valence-electron chi connectivity index (χ2n) is 8.97. The second-order valence-corrected chi connectivity index (χ2v) is 10.3. The van der Waals surface area contributed by atoms with E-state index in [1.807, 2.05) is 61.5 Å². The van der Waals surface area contributed by atoms with E-state index in [4.69, 9.17) is 26.1 Å². The fourth-order valence-electron chi connectivity index (χ4n) is 4.19. The molecule has 0 N–H and O–H groups in total. The molecule has 0 fully saturated rings. The number of unbranched alkanes of at least 4 members (excludes halogenated alkanes) is 1. The van der Waals surface area contributed by atoms with Crippen molar-refractivity contribution in [2.24, 2.45) is 5.10 Å². The third kappa shape index (κ3) is 6.97. The molecular formula is C31H31BrClN3O3. The normalized spacial score (nSPS) is 11.3.